The first kappa shape index (κ1) is 32.6. The average molecular weight is 555 g/mol. The molecule has 0 aliphatic rings. The van der Waals surface area contributed by atoms with Crippen LogP contribution in [-0.4, -0.2) is 71.2 Å². The second-order valence-corrected chi connectivity index (χ2v) is 10.8. The van der Waals surface area contributed by atoms with Crippen LogP contribution in [0.3, 0.4) is 0 Å². The van der Waals surface area contributed by atoms with Gasteiger partial charge in [0.1, 0.15) is 24.3 Å². The summed E-state index contributed by atoms with van der Waals surface area (Å²) in [7, 11) is -1.19. The van der Waals surface area contributed by atoms with Crippen molar-refractivity contribution >= 4 is 34.9 Å². The first-order valence-electron chi connectivity index (χ1n) is 12.1. The van der Waals surface area contributed by atoms with Crippen LogP contribution in [0.25, 0.3) is 0 Å². The van der Waals surface area contributed by atoms with Gasteiger partial charge >= 0.3 is 24.1 Å². The molecule has 12 heteroatoms. The van der Waals surface area contributed by atoms with E-state index in [9.17, 15) is 23.4 Å². The van der Waals surface area contributed by atoms with Gasteiger partial charge in [-0.3, -0.25) is 4.21 Å². The van der Waals surface area contributed by atoms with E-state index in [0.717, 1.165) is 5.56 Å². The third-order valence-corrected chi connectivity index (χ3v) is 5.45. The molecule has 0 saturated heterocycles. The molecule has 11 nitrogen and oxygen atoms in total. The molecule has 38 heavy (non-hydrogen) atoms. The molecule has 1 unspecified atom stereocenters. The molecular formula is C26H38N2O9S. The lowest BCUT2D eigenvalue weighted by molar-refractivity contribution is -0.148. The molecule has 0 radical (unpaired) electrons. The van der Waals surface area contributed by atoms with Gasteiger partial charge in [-0.2, -0.15) is 0 Å². The summed E-state index contributed by atoms with van der Waals surface area (Å²) < 4.78 is 32.2. The van der Waals surface area contributed by atoms with Crippen LogP contribution in [0.5, 0.6) is 0 Å². The van der Waals surface area contributed by atoms with Crippen LogP contribution in [0.1, 0.15) is 45.6 Å². The summed E-state index contributed by atoms with van der Waals surface area (Å²) in [6, 6.07) is 7.00. The summed E-state index contributed by atoms with van der Waals surface area (Å²) in [5.41, 5.74) is 0.0521. The number of benzene rings is 1. The number of ether oxygens (including phenoxy) is 4. The fourth-order valence-corrected chi connectivity index (χ4v) is 3.44. The number of hydrogen-bond donors (Lipinski definition) is 2. The van der Waals surface area contributed by atoms with E-state index in [1.807, 2.05) is 18.2 Å². The number of hydrogen-bond acceptors (Lipinski definition) is 9. The molecule has 0 aromatic heterocycles. The highest BCUT2D eigenvalue weighted by Crippen LogP contribution is 2.08. The highest BCUT2D eigenvalue weighted by molar-refractivity contribution is 7.84. The Kier molecular flexibility index (Phi) is 14.7. The predicted octanol–water partition coefficient (Wildman–Crippen LogP) is 3.00. The molecule has 0 bridgehead atoms. The van der Waals surface area contributed by atoms with Crippen LogP contribution in [0, 0.1) is 0 Å². The Morgan fingerprint density at radius 3 is 2.08 bits per heavy atom. The minimum absolute atomic E-state index is 0.0230. The summed E-state index contributed by atoms with van der Waals surface area (Å²) >= 11 is 0. The van der Waals surface area contributed by atoms with Gasteiger partial charge in [0.15, 0.2) is 0 Å². The topological polar surface area (TPSA) is 146 Å². The average Bonchev–Trinajstić information content (AvgIpc) is 2.83. The number of alkyl carbamates (subject to hydrolysis) is 2. The van der Waals surface area contributed by atoms with Crippen molar-refractivity contribution in [1.29, 1.82) is 0 Å². The van der Waals surface area contributed by atoms with E-state index in [0.29, 0.717) is 0 Å². The maximum absolute atomic E-state index is 12.5. The summed E-state index contributed by atoms with van der Waals surface area (Å²) in [5, 5.41) is 4.89. The third kappa shape index (κ3) is 15.0. The van der Waals surface area contributed by atoms with Crippen molar-refractivity contribution in [2.24, 2.45) is 0 Å². The number of carbonyl (C=O) groups excluding carboxylic acids is 4. The van der Waals surface area contributed by atoms with Gasteiger partial charge in [0.2, 0.25) is 0 Å². The summed E-state index contributed by atoms with van der Waals surface area (Å²) in [5.74, 6) is -1.24. The molecular weight excluding hydrogens is 516 g/mol. The summed E-state index contributed by atoms with van der Waals surface area (Å²) in [4.78, 5) is 49.0. The second kappa shape index (κ2) is 17.2. The van der Waals surface area contributed by atoms with Crippen LogP contribution in [-0.2, 0) is 45.9 Å². The molecule has 2 N–H and O–H groups in total. The standard InChI is InChI=1S/C26H38N2O9S/c1-6-11-20(28-25(32)37-26(2,3)4)22(29)34-15-10-16-35-23(30)21(14-17-38(5)33)27-24(31)36-18-19-12-8-7-9-13-19/h6-9,12-13,20-21H,1,10-11,14-18H2,2-5H3,(H,27,31)(H,28,32)/t20-,21-,38?/m0/s1. The van der Waals surface area contributed by atoms with E-state index in [4.69, 9.17) is 18.9 Å². The zero-order valence-corrected chi connectivity index (χ0v) is 23.2. The van der Waals surface area contributed by atoms with Gasteiger partial charge in [-0.1, -0.05) is 36.4 Å². The minimum atomic E-state index is -1.19. The predicted molar refractivity (Wildman–Crippen MR) is 142 cm³/mol. The molecule has 0 aliphatic carbocycles. The van der Waals surface area contributed by atoms with Crippen molar-refractivity contribution in [3.63, 3.8) is 0 Å². The Hall–Kier alpha value is -3.41. The Bertz CT molecular complexity index is 948. The molecule has 0 heterocycles. The van der Waals surface area contributed by atoms with E-state index in [1.165, 1.54) is 12.3 Å². The van der Waals surface area contributed by atoms with Crippen molar-refractivity contribution in [3.05, 3.63) is 48.6 Å². The Morgan fingerprint density at radius 2 is 1.53 bits per heavy atom. The number of esters is 2. The maximum Gasteiger partial charge on any atom is 0.408 e. The molecule has 2 amide bonds. The molecule has 0 aliphatic heterocycles. The molecule has 1 aromatic rings. The minimum Gasteiger partial charge on any atom is -0.464 e. The number of rotatable bonds is 15. The van der Waals surface area contributed by atoms with Crippen LogP contribution in [0.15, 0.2) is 43.0 Å². The lowest BCUT2D eigenvalue weighted by Crippen LogP contribution is -2.44. The van der Waals surface area contributed by atoms with E-state index >= 15 is 0 Å². The largest absolute Gasteiger partial charge is 0.464 e. The van der Waals surface area contributed by atoms with Crippen molar-refractivity contribution < 1.29 is 42.3 Å². The second-order valence-electron chi connectivity index (χ2n) is 9.24. The quantitative estimate of drug-likeness (QED) is 0.145. The van der Waals surface area contributed by atoms with Gasteiger partial charge in [-0.05, 0) is 39.2 Å². The highest BCUT2D eigenvalue weighted by atomic mass is 32.2. The molecule has 0 saturated carbocycles. The molecule has 1 rings (SSSR count). The Labute approximate surface area is 226 Å². The monoisotopic (exact) mass is 554 g/mol. The van der Waals surface area contributed by atoms with Gasteiger partial charge in [-0.25, -0.2) is 19.2 Å². The van der Waals surface area contributed by atoms with Gasteiger partial charge < -0.3 is 29.6 Å². The van der Waals surface area contributed by atoms with Crippen molar-refractivity contribution in [2.45, 2.75) is 64.3 Å². The zero-order chi connectivity index (χ0) is 28.6. The lowest BCUT2D eigenvalue weighted by Gasteiger charge is -2.22. The van der Waals surface area contributed by atoms with E-state index in [1.54, 1.807) is 32.9 Å². The van der Waals surface area contributed by atoms with Gasteiger partial charge in [0, 0.05) is 29.2 Å². The molecule has 3 atom stereocenters. The van der Waals surface area contributed by atoms with Crippen LogP contribution < -0.4 is 10.6 Å². The van der Waals surface area contributed by atoms with Gasteiger partial charge in [-0.15, -0.1) is 6.58 Å². The van der Waals surface area contributed by atoms with Crippen molar-refractivity contribution in [2.75, 3.05) is 25.2 Å². The molecule has 0 fully saturated rings. The molecule has 0 spiro atoms. The zero-order valence-electron chi connectivity index (χ0n) is 22.4. The van der Waals surface area contributed by atoms with Crippen LogP contribution in [0.2, 0.25) is 0 Å². The van der Waals surface area contributed by atoms with Gasteiger partial charge in [0.25, 0.3) is 0 Å². The van der Waals surface area contributed by atoms with Crippen LogP contribution in [0.4, 0.5) is 9.59 Å². The number of nitrogens with one attached hydrogen (secondary N) is 2. The fraction of sp³-hybridized carbons (Fsp3) is 0.538. The van der Waals surface area contributed by atoms with Crippen molar-refractivity contribution in [3.8, 4) is 0 Å². The highest BCUT2D eigenvalue weighted by Gasteiger charge is 2.25. The Morgan fingerprint density at radius 1 is 0.947 bits per heavy atom. The van der Waals surface area contributed by atoms with E-state index < -0.39 is 52.6 Å². The van der Waals surface area contributed by atoms with Crippen LogP contribution >= 0.6 is 0 Å². The maximum atomic E-state index is 12.5. The van der Waals surface area contributed by atoms with Crippen molar-refractivity contribution in [1.82, 2.24) is 10.6 Å². The molecule has 1 aromatic carbocycles. The lowest BCUT2D eigenvalue weighted by atomic mass is 10.2. The third-order valence-electron chi connectivity index (χ3n) is 4.64. The molecule has 212 valence electrons. The van der Waals surface area contributed by atoms with E-state index in [-0.39, 0.29) is 44.8 Å². The summed E-state index contributed by atoms with van der Waals surface area (Å²) in [6.07, 6.45) is 1.79. The van der Waals surface area contributed by atoms with E-state index in [2.05, 4.69) is 17.2 Å². The first-order chi connectivity index (χ1) is 17.9. The normalized spacial score (nSPS) is 13.3. The first-order valence-corrected chi connectivity index (χ1v) is 13.8. The smallest absolute Gasteiger partial charge is 0.408 e. The number of carbonyl (C=O) groups is 4. The SMILES string of the molecule is C=CC[C@H](NC(=O)OC(C)(C)C)C(=O)OCCCOC(=O)[C@H](CCS(C)=O)NC(=O)OCc1ccccc1. The Balaban J connectivity index is 2.49. The fourth-order valence-electron chi connectivity index (χ4n) is 2.88. The number of amides is 2. The van der Waals surface area contributed by atoms with Gasteiger partial charge in [0.05, 0.1) is 13.2 Å². The summed E-state index contributed by atoms with van der Waals surface area (Å²) in [6.45, 7) is 8.52.